The second-order valence-corrected chi connectivity index (χ2v) is 3.88. The van der Waals surface area contributed by atoms with Gasteiger partial charge in [0.2, 0.25) is 0 Å². The highest BCUT2D eigenvalue weighted by Gasteiger charge is 2.13. The first-order valence-corrected chi connectivity index (χ1v) is 5.18. The molecule has 0 radical (unpaired) electrons. The lowest BCUT2D eigenvalue weighted by molar-refractivity contribution is 0.498. The van der Waals surface area contributed by atoms with Crippen LogP contribution in [-0.4, -0.2) is 4.98 Å². The molecule has 1 aromatic carbocycles. The molecule has 0 aliphatic heterocycles. The van der Waals surface area contributed by atoms with Crippen molar-refractivity contribution in [2.75, 3.05) is 11.1 Å². The lowest BCUT2D eigenvalue weighted by Gasteiger charge is -2.09. The maximum absolute atomic E-state index is 13.4. The molecule has 2 rings (SSSR count). The Morgan fingerprint density at radius 1 is 1.17 bits per heavy atom. The van der Waals surface area contributed by atoms with E-state index in [9.17, 15) is 13.2 Å². The second-order valence-electron chi connectivity index (χ2n) is 3.47. The Labute approximate surface area is 105 Å². The fourth-order valence-electron chi connectivity index (χ4n) is 1.32. The number of nitrogen functional groups attached to an aromatic ring is 1. The molecular weight excluding hydrogens is 267 g/mol. The first kappa shape index (κ1) is 12.5. The van der Waals surface area contributed by atoms with Gasteiger partial charge >= 0.3 is 0 Å². The van der Waals surface area contributed by atoms with Gasteiger partial charge in [-0.15, -0.1) is 0 Å². The van der Waals surface area contributed by atoms with Crippen LogP contribution in [0.4, 0.5) is 30.4 Å². The smallest absolute Gasteiger partial charge is 0.182 e. The van der Waals surface area contributed by atoms with Crippen molar-refractivity contribution in [1.29, 1.82) is 0 Å². The van der Waals surface area contributed by atoms with Gasteiger partial charge in [0.15, 0.2) is 11.6 Å². The van der Waals surface area contributed by atoms with Crippen LogP contribution < -0.4 is 11.1 Å². The molecule has 7 heteroatoms. The molecule has 0 unspecified atom stereocenters. The van der Waals surface area contributed by atoms with Gasteiger partial charge in [0, 0.05) is 12.1 Å². The summed E-state index contributed by atoms with van der Waals surface area (Å²) in [7, 11) is 0. The first-order valence-electron chi connectivity index (χ1n) is 4.80. The Hall–Kier alpha value is -1.95. The average Bonchev–Trinajstić information content (AvgIpc) is 2.29. The number of nitrogens with two attached hydrogens (primary N) is 1. The van der Waals surface area contributed by atoms with Gasteiger partial charge in [-0.05, 0) is 6.07 Å². The number of aromatic nitrogens is 1. The number of anilines is 3. The molecule has 0 saturated heterocycles. The standard InChI is InChI=1S/C11H7ClF3N3/c12-7-3-6(16)4-17-11(7)18-9-2-5(13)1-8(14)10(9)15/h1-4H,16H2,(H,17,18). The molecule has 1 heterocycles. The Morgan fingerprint density at radius 3 is 2.56 bits per heavy atom. The van der Waals surface area contributed by atoms with E-state index in [2.05, 4.69) is 10.3 Å². The van der Waals surface area contributed by atoms with E-state index < -0.39 is 23.1 Å². The predicted octanol–water partition coefficient (Wildman–Crippen LogP) is 3.48. The zero-order valence-corrected chi connectivity index (χ0v) is 9.60. The molecule has 0 saturated carbocycles. The van der Waals surface area contributed by atoms with Crippen molar-refractivity contribution in [3.63, 3.8) is 0 Å². The third-order valence-electron chi connectivity index (χ3n) is 2.11. The van der Waals surface area contributed by atoms with Crippen LogP contribution in [0.5, 0.6) is 0 Å². The van der Waals surface area contributed by atoms with E-state index >= 15 is 0 Å². The minimum Gasteiger partial charge on any atom is -0.397 e. The Morgan fingerprint density at radius 2 is 1.89 bits per heavy atom. The van der Waals surface area contributed by atoms with E-state index in [4.69, 9.17) is 17.3 Å². The summed E-state index contributed by atoms with van der Waals surface area (Å²) in [4.78, 5) is 3.79. The Kier molecular flexibility index (Phi) is 3.29. The lowest BCUT2D eigenvalue weighted by Crippen LogP contribution is -2.01. The number of pyridine rings is 1. The fraction of sp³-hybridized carbons (Fsp3) is 0. The van der Waals surface area contributed by atoms with Gasteiger partial charge < -0.3 is 11.1 Å². The summed E-state index contributed by atoms with van der Waals surface area (Å²) >= 11 is 5.80. The Balaban J connectivity index is 2.40. The van der Waals surface area contributed by atoms with Crippen LogP contribution in [0.15, 0.2) is 24.4 Å². The van der Waals surface area contributed by atoms with Crippen molar-refractivity contribution in [2.24, 2.45) is 0 Å². The van der Waals surface area contributed by atoms with Crippen molar-refractivity contribution in [3.8, 4) is 0 Å². The van der Waals surface area contributed by atoms with Crippen molar-refractivity contribution >= 4 is 28.8 Å². The number of hydrogen-bond donors (Lipinski definition) is 2. The SMILES string of the molecule is Nc1cnc(Nc2cc(F)cc(F)c2F)c(Cl)c1. The molecule has 0 fully saturated rings. The van der Waals surface area contributed by atoms with Gasteiger partial charge in [0.05, 0.1) is 22.6 Å². The summed E-state index contributed by atoms with van der Waals surface area (Å²) in [5.74, 6) is -3.38. The van der Waals surface area contributed by atoms with Crippen LogP contribution in [0.2, 0.25) is 5.02 Å². The molecule has 0 amide bonds. The number of benzene rings is 1. The molecule has 0 aliphatic carbocycles. The van der Waals surface area contributed by atoms with Crippen LogP contribution in [0, 0.1) is 17.5 Å². The molecule has 18 heavy (non-hydrogen) atoms. The van der Waals surface area contributed by atoms with E-state index in [0.717, 1.165) is 6.07 Å². The summed E-state index contributed by atoms with van der Waals surface area (Å²) in [6, 6.07) is 2.62. The number of hydrogen-bond acceptors (Lipinski definition) is 3. The van der Waals surface area contributed by atoms with Gasteiger partial charge in [-0.2, -0.15) is 0 Å². The zero-order chi connectivity index (χ0) is 13.3. The maximum atomic E-state index is 13.4. The molecule has 0 aliphatic rings. The summed E-state index contributed by atoms with van der Waals surface area (Å²) in [6.07, 6.45) is 1.28. The number of halogens is 4. The highest BCUT2D eigenvalue weighted by atomic mass is 35.5. The number of rotatable bonds is 2. The van der Waals surface area contributed by atoms with Gasteiger partial charge in [0.25, 0.3) is 0 Å². The van der Waals surface area contributed by atoms with Gasteiger partial charge in [-0.3, -0.25) is 0 Å². The Bertz CT molecular complexity index is 604. The molecule has 0 bridgehead atoms. The van der Waals surface area contributed by atoms with Gasteiger partial charge in [0.1, 0.15) is 11.6 Å². The monoisotopic (exact) mass is 273 g/mol. The summed E-state index contributed by atoms with van der Waals surface area (Å²) in [5, 5.41) is 2.51. The first-order chi connectivity index (χ1) is 8.47. The van der Waals surface area contributed by atoms with Crippen LogP contribution in [0.1, 0.15) is 0 Å². The van der Waals surface area contributed by atoms with Gasteiger partial charge in [-0.1, -0.05) is 11.6 Å². The van der Waals surface area contributed by atoms with E-state index in [1.807, 2.05) is 0 Å². The molecule has 3 nitrogen and oxygen atoms in total. The molecule has 0 spiro atoms. The fourth-order valence-corrected chi connectivity index (χ4v) is 1.54. The van der Waals surface area contributed by atoms with E-state index in [0.29, 0.717) is 11.8 Å². The lowest BCUT2D eigenvalue weighted by atomic mass is 10.2. The van der Waals surface area contributed by atoms with Gasteiger partial charge in [-0.25, -0.2) is 18.2 Å². The van der Waals surface area contributed by atoms with Crippen molar-refractivity contribution < 1.29 is 13.2 Å². The van der Waals surface area contributed by atoms with E-state index in [-0.39, 0.29) is 10.8 Å². The van der Waals surface area contributed by atoms with Crippen molar-refractivity contribution in [1.82, 2.24) is 4.98 Å². The maximum Gasteiger partial charge on any atom is 0.182 e. The molecular formula is C11H7ClF3N3. The quantitative estimate of drug-likeness (QED) is 0.824. The van der Waals surface area contributed by atoms with Crippen LogP contribution in [0.25, 0.3) is 0 Å². The summed E-state index contributed by atoms with van der Waals surface area (Å²) < 4.78 is 39.3. The third kappa shape index (κ3) is 2.48. The normalized spacial score (nSPS) is 10.4. The predicted molar refractivity (Wildman–Crippen MR) is 63.3 cm³/mol. The number of nitrogens with one attached hydrogen (secondary N) is 1. The van der Waals surface area contributed by atoms with Crippen LogP contribution >= 0.6 is 11.6 Å². The van der Waals surface area contributed by atoms with E-state index in [1.165, 1.54) is 12.3 Å². The highest BCUT2D eigenvalue weighted by molar-refractivity contribution is 6.33. The minimum absolute atomic E-state index is 0.0507. The van der Waals surface area contributed by atoms with Crippen molar-refractivity contribution in [3.05, 3.63) is 46.9 Å². The topological polar surface area (TPSA) is 50.9 Å². The van der Waals surface area contributed by atoms with Crippen molar-refractivity contribution in [2.45, 2.75) is 0 Å². The van der Waals surface area contributed by atoms with Crippen LogP contribution in [0.3, 0.4) is 0 Å². The zero-order valence-electron chi connectivity index (χ0n) is 8.85. The molecule has 0 atom stereocenters. The molecule has 1 aromatic heterocycles. The largest absolute Gasteiger partial charge is 0.397 e. The molecule has 94 valence electrons. The summed E-state index contributed by atoms with van der Waals surface area (Å²) in [5.41, 5.74) is 5.35. The summed E-state index contributed by atoms with van der Waals surface area (Å²) in [6.45, 7) is 0. The average molecular weight is 274 g/mol. The third-order valence-corrected chi connectivity index (χ3v) is 2.40. The minimum atomic E-state index is -1.30. The molecule has 2 aromatic rings. The second kappa shape index (κ2) is 4.73. The highest BCUT2D eigenvalue weighted by Crippen LogP contribution is 2.27. The molecule has 3 N–H and O–H groups in total. The number of nitrogens with zero attached hydrogens (tertiary/aromatic N) is 1. The van der Waals surface area contributed by atoms with Crippen LogP contribution in [-0.2, 0) is 0 Å². The van der Waals surface area contributed by atoms with E-state index in [1.54, 1.807) is 0 Å².